The molecule has 0 saturated carbocycles. The maximum atomic E-state index is 6.08. The van der Waals surface area contributed by atoms with Crippen molar-refractivity contribution in [3.63, 3.8) is 0 Å². The lowest BCUT2D eigenvalue weighted by atomic mass is 10.3. The van der Waals surface area contributed by atoms with Crippen molar-refractivity contribution < 1.29 is 4.74 Å². The molecule has 4 nitrogen and oxygen atoms in total. The molecule has 0 saturated heterocycles. The SMILES string of the molecule is CCOCCCn1ccnc1Nc1cccc(Cl)c1Br. The average Bonchev–Trinajstić information content (AvgIpc) is 2.87. The van der Waals surface area contributed by atoms with Gasteiger partial charge in [0, 0.05) is 32.2 Å². The Morgan fingerprint density at radius 2 is 2.30 bits per heavy atom. The van der Waals surface area contributed by atoms with E-state index >= 15 is 0 Å². The summed E-state index contributed by atoms with van der Waals surface area (Å²) < 4.78 is 8.25. The van der Waals surface area contributed by atoms with E-state index in [1.165, 1.54) is 0 Å². The largest absolute Gasteiger partial charge is 0.382 e. The Labute approximate surface area is 132 Å². The molecule has 1 aromatic carbocycles. The molecule has 0 bridgehead atoms. The molecule has 0 amide bonds. The van der Waals surface area contributed by atoms with Gasteiger partial charge in [0.1, 0.15) is 0 Å². The molecule has 0 unspecified atom stereocenters. The van der Waals surface area contributed by atoms with E-state index in [2.05, 4.69) is 30.8 Å². The first-order valence-corrected chi connectivity index (χ1v) is 7.69. The van der Waals surface area contributed by atoms with Gasteiger partial charge >= 0.3 is 0 Å². The molecular formula is C14H17BrClN3O. The van der Waals surface area contributed by atoms with E-state index in [9.17, 15) is 0 Å². The first-order chi connectivity index (χ1) is 9.72. The Balaban J connectivity index is 2.03. The zero-order valence-corrected chi connectivity index (χ0v) is 13.6. The fraction of sp³-hybridized carbons (Fsp3) is 0.357. The van der Waals surface area contributed by atoms with Crippen molar-refractivity contribution in [2.75, 3.05) is 18.5 Å². The van der Waals surface area contributed by atoms with Gasteiger partial charge in [-0.1, -0.05) is 17.7 Å². The number of benzene rings is 1. The Hall–Kier alpha value is -1.04. The number of hydrogen-bond donors (Lipinski definition) is 1. The Kier molecular flexibility index (Phi) is 5.88. The monoisotopic (exact) mass is 357 g/mol. The van der Waals surface area contributed by atoms with Crippen LogP contribution in [0.4, 0.5) is 11.6 Å². The highest BCUT2D eigenvalue weighted by atomic mass is 79.9. The van der Waals surface area contributed by atoms with Crippen LogP contribution in [0.1, 0.15) is 13.3 Å². The predicted molar refractivity (Wildman–Crippen MR) is 85.8 cm³/mol. The summed E-state index contributed by atoms with van der Waals surface area (Å²) in [6, 6.07) is 5.69. The highest BCUT2D eigenvalue weighted by molar-refractivity contribution is 9.10. The Morgan fingerprint density at radius 3 is 3.10 bits per heavy atom. The lowest BCUT2D eigenvalue weighted by molar-refractivity contribution is 0.142. The molecule has 2 aromatic rings. The second-order valence-corrected chi connectivity index (χ2v) is 5.42. The summed E-state index contributed by atoms with van der Waals surface area (Å²) in [6.45, 7) is 4.38. The summed E-state index contributed by atoms with van der Waals surface area (Å²) in [5.74, 6) is 0.796. The van der Waals surface area contributed by atoms with Gasteiger partial charge in [-0.2, -0.15) is 0 Å². The van der Waals surface area contributed by atoms with E-state index in [0.29, 0.717) is 5.02 Å². The first-order valence-electron chi connectivity index (χ1n) is 6.52. The van der Waals surface area contributed by atoms with Gasteiger partial charge in [0.25, 0.3) is 0 Å². The third-order valence-corrected chi connectivity index (χ3v) is 4.20. The molecule has 20 heavy (non-hydrogen) atoms. The van der Waals surface area contributed by atoms with Crippen molar-refractivity contribution in [1.29, 1.82) is 0 Å². The molecule has 108 valence electrons. The minimum absolute atomic E-state index is 0.671. The summed E-state index contributed by atoms with van der Waals surface area (Å²) in [5.41, 5.74) is 0.898. The molecule has 0 aliphatic carbocycles. The average molecular weight is 359 g/mol. The zero-order valence-electron chi connectivity index (χ0n) is 11.3. The number of nitrogens with one attached hydrogen (secondary N) is 1. The first kappa shape index (κ1) is 15.4. The minimum Gasteiger partial charge on any atom is -0.382 e. The van der Waals surface area contributed by atoms with Crippen LogP contribution in [0.3, 0.4) is 0 Å². The molecule has 0 aliphatic heterocycles. The Morgan fingerprint density at radius 1 is 1.45 bits per heavy atom. The molecule has 0 spiro atoms. The minimum atomic E-state index is 0.671. The lowest BCUT2D eigenvalue weighted by Crippen LogP contribution is -2.06. The molecular weight excluding hydrogens is 342 g/mol. The molecule has 1 heterocycles. The van der Waals surface area contributed by atoms with Gasteiger partial charge in [-0.05, 0) is 41.4 Å². The topological polar surface area (TPSA) is 39.1 Å². The van der Waals surface area contributed by atoms with Crippen LogP contribution in [0, 0.1) is 0 Å². The van der Waals surface area contributed by atoms with Gasteiger partial charge in [-0.25, -0.2) is 4.98 Å². The maximum Gasteiger partial charge on any atom is 0.207 e. The molecule has 2 rings (SSSR count). The van der Waals surface area contributed by atoms with Gasteiger partial charge in [-0.3, -0.25) is 0 Å². The molecule has 0 atom stereocenters. The summed E-state index contributed by atoms with van der Waals surface area (Å²) in [4.78, 5) is 4.33. The van der Waals surface area contributed by atoms with E-state index in [-0.39, 0.29) is 0 Å². The maximum absolute atomic E-state index is 6.08. The number of nitrogens with zero attached hydrogens (tertiary/aromatic N) is 2. The van der Waals surface area contributed by atoms with Gasteiger partial charge in [0.15, 0.2) is 0 Å². The van der Waals surface area contributed by atoms with Crippen molar-refractivity contribution in [2.24, 2.45) is 0 Å². The second-order valence-electron chi connectivity index (χ2n) is 4.22. The molecule has 6 heteroatoms. The normalized spacial score (nSPS) is 10.8. The van der Waals surface area contributed by atoms with E-state index in [1.807, 2.05) is 31.3 Å². The van der Waals surface area contributed by atoms with Crippen molar-refractivity contribution in [1.82, 2.24) is 9.55 Å². The number of halogens is 2. The van der Waals surface area contributed by atoms with Crippen molar-refractivity contribution in [3.8, 4) is 0 Å². The predicted octanol–water partition coefficient (Wildman–Crippen LogP) is 4.47. The molecule has 0 radical (unpaired) electrons. The number of hydrogen-bond acceptors (Lipinski definition) is 3. The quantitative estimate of drug-likeness (QED) is 0.742. The van der Waals surface area contributed by atoms with Crippen LogP contribution in [0.5, 0.6) is 0 Å². The van der Waals surface area contributed by atoms with E-state index in [1.54, 1.807) is 6.20 Å². The highest BCUT2D eigenvalue weighted by Gasteiger charge is 2.07. The lowest BCUT2D eigenvalue weighted by Gasteiger charge is -2.11. The van der Waals surface area contributed by atoms with Gasteiger partial charge in [-0.15, -0.1) is 0 Å². The van der Waals surface area contributed by atoms with Crippen molar-refractivity contribution in [2.45, 2.75) is 19.9 Å². The summed E-state index contributed by atoms with van der Waals surface area (Å²) in [6.07, 6.45) is 4.68. The van der Waals surface area contributed by atoms with Gasteiger partial charge < -0.3 is 14.6 Å². The Bertz CT molecular complexity index is 559. The number of aryl methyl sites for hydroxylation is 1. The van der Waals surface area contributed by atoms with Crippen LogP contribution in [-0.2, 0) is 11.3 Å². The van der Waals surface area contributed by atoms with Crippen molar-refractivity contribution in [3.05, 3.63) is 40.1 Å². The van der Waals surface area contributed by atoms with Crippen LogP contribution in [0.25, 0.3) is 0 Å². The number of ether oxygens (including phenoxy) is 1. The zero-order chi connectivity index (χ0) is 14.4. The third kappa shape index (κ3) is 3.98. The van der Waals surface area contributed by atoms with Crippen LogP contribution >= 0.6 is 27.5 Å². The number of aromatic nitrogens is 2. The van der Waals surface area contributed by atoms with Gasteiger partial charge in [0.2, 0.25) is 5.95 Å². The number of anilines is 2. The molecule has 0 fully saturated rings. The fourth-order valence-corrected chi connectivity index (χ4v) is 2.35. The van der Waals surface area contributed by atoms with Crippen LogP contribution in [-0.4, -0.2) is 22.8 Å². The van der Waals surface area contributed by atoms with Crippen LogP contribution < -0.4 is 5.32 Å². The van der Waals surface area contributed by atoms with Crippen LogP contribution in [0.2, 0.25) is 5.02 Å². The number of rotatable bonds is 7. The fourth-order valence-electron chi connectivity index (χ4n) is 1.82. The molecule has 0 aliphatic rings. The summed E-state index contributed by atoms with van der Waals surface area (Å²) in [7, 11) is 0. The van der Waals surface area contributed by atoms with Crippen LogP contribution in [0.15, 0.2) is 35.1 Å². The van der Waals surface area contributed by atoms with E-state index in [4.69, 9.17) is 16.3 Å². The second kappa shape index (κ2) is 7.67. The number of imidazole rings is 1. The smallest absolute Gasteiger partial charge is 0.207 e. The highest BCUT2D eigenvalue weighted by Crippen LogP contribution is 2.31. The summed E-state index contributed by atoms with van der Waals surface area (Å²) in [5, 5.41) is 3.95. The standard InChI is InChI=1S/C14H17BrClN3O/c1-2-20-10-4-8-19-9-7-17-14(19)18-12-6-3-5-11(16)13(12)15/h3,5-7,9H,2,4,8,10H2,1H3,(H,17,18). The van der Waals surface area contributed by atoms with Crippen molar-refractivity contribution >= 4 is 39.2 Å². The molecule has 1 N–H and O–H groups in total. The van der Waals surface area contributed by atoms with E-state index < -0.39 is 0 Å². The third-order valence-electron chi connectivity index (χ3n) is 2.81. The van der Waals surface area contributed by atoms with Gasteiger partial charge in [0.05, 0.1) is 15.2 Å². The summed E-state index contributed by atoms with van der Waals surface area (Å²) >= 11 is 9.55. The molecule has 1 aromatic heterocycles. The van der Waals surface area contributed by atoms with E-state index in [0.717, 1.165) is 42.3 Å².